The zero-order valence-electron chi connectivity index (χ0n) is 10.9. The molecule has 0 fully saturated rings. The van der Waals surface area contributed by atoms with Crippen LogP contribution in [0.1, 0.15) is 58.8 Å². The largest absolute Gasteiger partial charge is 0.400 e. The third-order valence-corrected chi connectivity index (χ3v) is 5.56. The van der Waals surface area contributed by atoms with Gasteiger partial charge in [0.25, 0.3) is 0 Å². The Morgan fingerprint density at radius 1 is 0.933 bits per heavy atom. The van der Waals surface area contributed by atoms with E-state index in [1.807, 2.05) is 0 Å². The second-order valence-electron chi connectivity index (χ2n) is 4.21. The smallest absolute Gasteiger partial charge is 0.324 e. The van der Waals surface area contributed by atoms with Crippen LogP contribution in [-0.4, -0.2) is 23.5 Å². The van der Waals surface area contributed by atoms with E-state index in [4.69, 9.17) is 8.85 Å². The van der Waals surface area contributed by atoms with E-state index >= 15 is 0 Å². The van der Waals surface area contributed by atoms with Gasteiger partial charge in [0, 0.05) is 14.2 Å². The molecule has 0 aromatic heterocycles. The first-order valence-corrected chi connectivity index (χ1v) is 7.96. The van der Waals surface area contributed by atoms with Gasteiger partial charge in [0.05, 0.1) is 0 Å². The summed E-state index contributed by atoms with van der Waals surface area (Å²) in [6.07, 6.45) is 9.30. The zero-order chi connectivity index (χ0) is 11.5. The average molecular weight is 232 g/mol. The van der Waals surface area contributed by atoms with E-state index in [0.717, 1.165) is 0 Å². The second kappa shape index (κ2) is 10.6. The maximum absolute atomic E-state index is 5.45. The van der Waals surface area contributed by atoms with Crippen LogP contribution in [0.4, 0.5) is 0 Å². The molecule has 0 amide bonds. The Morgan fingerprint density at radius 2 is 1.53 bits per heavy atom. The third-order valence-electron chi connectivity index (χ3n) is 3.05. The van der Waals surface area contributed by atoms with Crippen LogP contribution >= 0.6 is 0 Å². The molecule has 0 radical (unpaired) electrons. The van der Waals surface area contributed by atoms with Gasteiger partial charge >= 0.3 is 9.28 Å². The van der Waals surface area contributed by atoms with Crippen LogP contribution in [0.2, 0.25) is 5.54 Å². The van der Waals surface area contributed by atoms with Crippen molar-refractivity contribution in [2.45, 2.75) is 64.3 Å². The highest BCUT2D eigenvalue weighted by molar-refractivity contribution is 6.46. The molecule has 92 valence electrons. The summed E-state index contributed by atoms with van der Waals surface area (Å²) in [6, 6.07) is 0. The molecular formula is C12H28O2Si. The fourth-order valence-corrected chi connectivity index (χ4v) is 3.88. The van der Waals surface area contributed by atoms with Gasteiger partial charge in [0.15, 0.2) is 0 Å². The highest BCUT2D eigenvalue weighted by Crippen LogP contribution is 2.24. The molecule has 0 rings (SSSR count). The molecule has 3 heteroatoms. The van der Waals surface area contributed by atoms with Gasteiger partial charge in [0.1, 0.15) is 0 Å². The molecule has 0 bridgehead atoms. The fourth-order valence-electron chi connectivity index (χ4n) is 2.02. The summed E-state index contributed by atoms with van der Waals surface area (Å²) in [5.41, 5.74) is 0.696. The highest BCUT2D eigenvalue weighted by Gasteiger charge is 2.21. The third kappa shape index (κ3) is 7.09. The van der Waals surface area contributed by atoms with Crippen LogP contribution in [0.25, 0.3) is 0 Å². The Labute approximate surface area is 97.2 Å². The van der Waals surface area contributed by atoms with E-state index in [9.17, 15) is 0 Å². The second-order valence-corrected chi connectivity index (χ2v) is 6.83. The molecule has 1 unspecified atom stereocenters. The molecule has 0 aliphatic carbocycles. The SMILES string of the molecule is CCCCCCCC(CC)[SiH](OC)OC. The average Bonchev–Trinajstić information content (AvgIpc) is 2.27. The predicted octanol–water partition coefficient (Wildman–Crippen LogP) is 3.64. The molecule has 0 aliphatic rings. The van der Waals surface area contributed by atoms with Crippen LogP contribution in [0.15, 0.2) is 0 Å². The van der Waals surface area contributed by atoms with Gasteiger partial charge in [-0.1, -0.05) is 52.4 Å². The lowest BCUT2D eigenvalue weighted by Gasteiger charge is -2.21. The first-order chi connectivity index (χ1) is 7.29. The van der Waals surface area contributed by atoms with Crippen molar-refractivity contribution >= 4 is 9.28 Å². The van der Waals surface area contributed by atoms with Gasteiger partial charge in [-0.2, -0.15) is 0 Å². The first kappa shape index (κ1) is 15.1. The van der Waals surface area contributed by atoms with E-state index in [2.05, 4.69) is 13.8 Å². The topological polar surface area (TPSA) is 18.5 Å². The van der Waals surface area contributed by atoms with E-state index in [0.29, 0.717) is 5.54 Å². The van der Waals surface area contributed by atoms with E-state index in [1.165, 1.54) is 44.9 Å². The monoisotopic (exact) mass is 232 g/mol. The van der Waals surface area contributed by atoms with Gasteiger partial charge in [-0.05, 0) is 12.0 Å². The number of hydrogen-bond donors (Lipinski definition) is 0. The standard InChI is InChI=1S/C12H28O2Si/c1-5-7-8-9-10-11-12(6-2)15(13-3)14-4/h12,15H,5-11H2,1-4H3. The lowest BCUT2D eigenvalue weighted by atomic mass is 10.1. The molecule has 0 aromatic rings. The lowest BCUT2D eigenvalue weighted by molar-refractivity contribution is 0.260. The summed E-state index contributed by atoms with van der Waals surface area (Å²) in [5.74, 6) is 0. The van der Waals surface area contributed by atoms with Crippen molar-refractivity contribution in [2.24, 2.45) is 0 Å². The minimum atomic E-state index is -1.37. The van der Waals surface area contributed by atoms with Crippen LogP contribution in [-0.2, 0) is 8.85 Å². The van der Waals surface area contributed by atoms with Crippen LogP contribution in [0, 0.1) is 0 Å². The maximum Gasteiger partial charge on any atom is 0.324 e. The van der Waals surface area contributed by atoms with Crippen LogP contribution in [0.5, 0.6) is 0 Å². The summed E-state index contributed by atoms with van der Waals surface area (Å²) in [5, 5.41) is 0. The number of unbranched alkanes of at least 4 members (excludes halogenated alkanes) is 4. The lowest BCUT2D eigenvalue weighted by Crippen LogP contribution is -2.25. The Balaban J connectivity index is 3.60. The normalized spacial score (nSPS) is 13.4. The van der Waals surface area contributed by atoms with Gasteiger partial charge < -0.3 is 8.85 Å². The molecule has 0 N–H and O–H groups in total. The molecular weight excluding hydrogens is 204 g/mol. The fraction of sp³-hybridized carbons (Fsp3) is 1.00. The van der Waals surface area contributed by atoms with Crippen molar-refractivity contribution in [3.63, 3.8) is 0 Å². The van der Waals surface area contributed by atoms with Crippen molar-refractivity contribution in [2.75, 3.05) is 14.2 Å². The quantitative estimate of drug-likeness (QED) is 0.423. The summed E-state index contributed by atoms with van der Waals surface area (Å²) in [6.45, 7) is 4.50. The minimum Gasteiger partial charge on any atom is -0.400 e. The number of hydrogen-bond acceptors (Lipinski definition) is 2. The molecule has 0 saturated carbocycles. The first-order valence-electron chi connectivity index (χ1n) is 6.35. The highest BCUT2D eigenvalue weighted by atomic mass is 28.3. The zero-order valence-corrected chi connectivity index (χ0v) is 12.1. The van der Waals surface area contributed by atoms with Gasteiger partial charge in [-0.3, -0.25) is 0 Å². The molecule has 0 aliphatic heterocycles. The van der Waals surface area contributed by atoms with Crippen molar-refractivity contribution in [1.29, 1.82) is 0 Å². The minimum absolute atomic E-state index is 0.696. The van der Waals surface area contributed by atoms with Crippen molar-refractivity contribution < 1.29 is 8.85 Å². The molecule has 15 heavy (non-hydrogen) atoms. The van der Waals surface area contributed by atoms with Gasteiger partial charge in [-0.15, -0.1) is 0 Å². The van der Waals surface area contributed by atoms with Crippen molar-refractivity contribution in [3.8, 4) is 0 Å². The van der Waals surface area contributed by atoms with Crippen molar-refractivity contribution in [1.82, 2.24) is 0 Å². The summed E-state index contributed by atoms with van der Waals surface area (Å²) < 4.78 is 10.9. The van der Waals surface area contributed by atoms with Crippen LogP contribution < -0.4 is 0 Å². The van der Waals surface area contributed by atoms with Crippen LogP contribution in [0.3, 0.4) is 0 Å². The summed E-state index contributed by atoms with van der Waals surface area (Å²) >= 11 is 0. The summed E-state index contributed by atoms with van der Waals surface area (Å²) in [7, 11) is 2.22. The number of rotatable bonds is 10. The Kier molecular flexibility index (Phi) is 10.7. The molecule has 2 nitrogen and oxygen atoms in total. The molecule has 1 atom stereocenters. The van der Waals surface area contributed by atoms with Gasteiger partial charge in [0.2, 0.25) is 0 Å². The maximum atomic E-state index is 5.45. The van der Waals surface area contributed by atoms with E-state index < -0.39 is 9.28 Å². The Morgan fingerprint density at radius 3 is 2.00 bits per heavy atom. The molecule has 0 spiro atoms. The Hall–Kier alpha value is 0.137. The molecule has 0 aromatic carbocycles. The summed E-state index contributed by atoms with van der Waals surface area (Å²) in [4.78, 5) is 0. The molecule has 0 saturated heterocycles. The molecule has 0 heterocycles. The van der Waals surface area contributed by atoms with Gasteiger partial charge in [-0.25, -0.2) is 0 Å². The van der Waals surface area contributed by atoms with Crippen molar-refractivity contribution in [3.05, 3.63) is 0 Å². The van der Waals surface area contributed by atoms with E-state index in [1.54, 1.807) is 14.2 Å². The Bertz CT molecular complexity index is 127. The van der Waals surface area contributed by atoms with E-state index in [-0.39, 0.29) is 0 Å². The predicted molar refractivity (Wildman–Crippen MR) is 68.6 cm³/mol.